The Kier molecular flexibility index (Phi) is 6.11. The van der Waals surface area contributed by atoms with Crippen LogP contribution in [0, 0.1) is 5.82 Å². The van der Waals surface area contributed by atoms with Crippen molar-refractivity contribution in [2.45, 2.75) is 19.1 Å². The molecule has 1 atom stereocenters. The van der Waals surface area contributed by atoms with Gasteiger partial charge in [0.15, 0.2) is 5.82 Å². The highest BCUT2D eigenvalue weighted by atomic mass is 19.4. The first-order valence-corrected chi connectivity index (χ1v) is 8.95. The molecule has 2 heterocycles. The molecule has 0 aliphatic carbocycles. The van der Waals surface area contributed by atoms with Gasteiger partial charge in [0.25, 0.3) is 5.91 Å². The SMILES string of the molecule is CCNC[C@@H](Nc1ncnc2c(C(N)=O)ccnc12)c1ccc(C(F)(F)F)c(F)c1. The van der Waals surface area contributed by atoms with E-state index in [2.05, 4.69) is 25.6 Å². The first-order chi connectivity index (χ1) is 14.2. The number of hydrogen-bond donors (Lipinski definition) is 3. The fourth-order valence-electron chi connectivity index (χ4n) is 2.95. The van der Waals surface area contributed by atoms with Gasteiger partial charge in [0.2, 0.25) is 0 Å². The summed E-state index contributed by atoms with van der Waals surface area (Å²) in [6.07, 6.45) is -2.21. The van der Waals surface area contributed by atoms with E-state index >= 15 is 0 Å². The van der Waals surface area contributed by atoms with Crippen LogP contribution in [0.15, 0.2) is 36.8 Å². The van der Waals surface area contributed by atoms with E-state index in [4.69, 9.17) is 5.73 Å². The molecular weight excluding hydrogens is 404 g/mol. The molecule has 0 unspecified atom stereocenters. The summed E-state index contributed by atoms with van der Waals surface area (Å²) in [7, 11) is 0. The minimum absolute atomic E-state index is 0.147. The zero-order valence-electron chi connectivity index (χ0n) is 15.8. The number of amides is 1. The Morgan fingerprint density at radius 2 is 1.93 bits per heavy atom. The maximum atomic E-state index is 14.1. The molecule has 0 spiro atoms. The number of carbonyl (C=O) groups excluding carboxylic acids is 1. The van der Waals surface area contributed by atoms with Crippen LogP contribution in [0.2, 0.25) is 0 Å². The highest BCUT2D eigenvalue weighted by Gasteiger charge is 2.34. The van der Waals surface area contributed by atoms with Gasteiger partial charge in [-0.2, -0.15) is 13.2 Å². The fourth-order valence-corrected chi connectivity index (χ4v) is 2.95. The summed E-state index contributed by atoms with van der Waals surface area (Å²) in [5.74, 6) is -1.84. The highest BCUT2D eigenvalue weighted by Crippen LogP contribution is 2.33. The number of halogens is 4. The molecule has 158 valence electrons. The van der Waals surface area contributed by atoms with Crippen molar-refractivity contribution >= 4 is 22.8 Å². The molecule has 4 N–H and O–H groups in total. The number of nitrogens with two attached hydrogens (primary N) is 1. The second-order valence-electron chi connectivity index (χ2n) is 6.38. The Morgan fingerprint density at radius 3 is 2.57 bits per heavy atom. The number of primary amides is 1. The van der Waals surface area contributed by atoms with Crippen LogP contribution in [0.25, 0.3) is 11.0 Å². The maximum absolute atomic E-state index is 14.1. The third kappa shape index (κ3) is 4.46. The van der Waals surface area contributed by atoms with Crippen LogP contribution in [0.5, 0.6) is 0 Å². The topological polar surface area (TPSA) is 106 Å². The van der Waals surface area contributed by atoms with Gasteiger partial charge in [0, 0.05) is 12.7 Å². The van der Waals surface area contributed by atoms with Crippen LogP contribution >= 0.6 is 0 Å². The lowest BCUT2D eigenvalue weighted by Crippen LogP contribution is -2.27. The van der Waals surface area contributed by atoms with Crippen LogP contribution in [0.4, 0.5) is 23.4 Å². The second kappa shape index (κ2) is 8.57. The van der Waals surface area contributed by atoms with Gasteiger partial charge in [-0.05, 0) is 30.3 Å². The lowest BCUT2D eigenvalue weighted by atomic mass is 10.0. The minimum Gasteiger partial charge on any atom is -0.366 e. The Balaban J connectivity index is 2.01. The molecule has 7 nitrogen and oxygen atoms in total. The van der Waals surface area contributed by atoms with Crippen LogP contribution in [0.1, 0.15) is 34.5 Å². The summed E-state index contributed by atoms with van der Waals surface area (Å²) >= 11 is 0. The summed E-state index contributed by atoms with van der Waals surface area (Å²) < 4.78 is 52.7. The molecule has 0 aliphatic heterocycles. The standard InChI is InChI=1S/C19H18F4N6O/c1-2-25-8-14(10-3-4-12(13(20)7-10)19(21,22)23)29-18-16-15(27-9-28-18)11(17(24)30)5-6-26-16/h3-7,9,14,25H,2,8H2,1H3,(H2,24,30)(H,27,28,29)/t14-/m1/s1. The van der Waals surface area contributed by atoms with Gasteiger partial charge < -0.3 is 16.4 Å². The summed E-state index contributed by atoms with van der Waals surface area (Å²) in [6, 6.07) is 3.52. The van der Waals surface area contributed by atoms with Gasteiger partial charge >= 0.3 is 6.18 Å². The molecule has 1 aromatic carbocycles. The molecular formula is C19H18F4N6O. The van der Waals surface area contributed by atoms with Crippen LogP contribution in [0.3, 0.4) is 0 Å². The van der Waals surface area contributed by atoms with Crippen molar-refractivity contribution < 1.29 is 22.4 Å². The zero-order chi connectivity index (χ0) is 21.9. The molecule has 0 saturated carbocycles. The number of nitrogens with zero attached hydrogens (tertiary/aromatic N) is 3. The zero-order valence-corrected chi connectivity index (χ0v) is 15.8. The number of alkyl halides is 3. The smallest absolute Gasteiger partial charge is 0.366 e. The molecule has 0 aliphatic rings. The van der Waals surface area contributed by atoms with E-state index in [0.717, 1.165) is 6.07 Å². The number of benzene rings is 1. The van der Waals surface area contributed by atoms with Gasteiger partial charge in [-0.3, -0.25) is 9.78 Å². The molecule has 1 amide bonds. The number of nitrogens with one attached hydrogen (secondary N) is 2. The number of pyridine rings is 1. The third-order valence-electron chi connectivity index (χ3n) is 4.40. The summed E-state index contributed by atoms with van der Waals surface area (Å²) in [4.78, 5) is 24.0. The van der Waals surface area contributed by atoms with E-state index in [1.807, 2.05) is 6.92 Å². The molecule has 0 fully saturated rings. The quantitative estimate of drug-likeness (QED) is 0.506. The maximum Gasteiger partial charge on any atom is 0.419 e. The van der Waals surface area contributed by atoms with Gasteiger partial charge in [-0.1, -0.05) is 13.0 Å². The second-order valence-corrected chi connectivity index (χ2v) is 6.38. The predicted octanol–water partition coefficient (Wildman–Crippen LogP) is 3.04. The van der Waals surface area contributed by atoms with E-state index in [9.17, 15) is 22.4 Å². The van der Waals surface area contributed by atoms with E-state index in [-0.39, 0.29) is 34.5 Å². The number of anilines is 1. The van der Waals surface area contributed by atoms with Crippen molar-refractivity contribution in [1.82, 2.24) is 20.3 Å². The van der Waals surface area contributed by atoms with Crippen molar-refractivity contribution in [2.24, 2.45) is 5.73 Å². The molecule has 11 heteroatoms. The number of aromatic nitrogens is 3. The summed E-state index contributed by atoms with van der Waals surface area (Å²) in [5.41, 5.74) is 4.93. The van der Waals surface area contributed by atoms with Crippen LogP contribution in [-0.4, -0.2) is 33.9 Å². The number of fused-ring (bicyclic) bond motifs is 1. The third-order valence-corrected chi connectivity index (χ3v) is 4.40. The first-order valence-electron chi connectivity index (χ1n) is 8.95. The number of carbonyl (C=O) groups is 1. The van der Waals surface area contributed by atoms with E-state index in [1.54, 1.807) is 0 Å². The Labute approximate surface area is 168 Å². The molecule has 3 rings (SSSR count). The Bertz CT molecular complexity index is 1070. The lowest BCUT2D eigenvalue weighted by Gasteiger charge is -2.21. The van der Waals surface area contributed by atoms with E-state index in [1.165, 1.54) is 24.7 Å². The molecule has 3 aromatic rings. The molecule has 0 bridgehead atoms. The van der Waals surface area contributed by atoms with E-state index in [0.29, 0.717) is 12.6 Å². The number of likely N-dealkylation sites (N-methyl/N-ethyl adjacent to an activating group) is 1. The van der Waals surface area contributed by atoms with E-state index < -0.39 is 29.5 Å². The minimum atomic E-state index is -4.79. The number of rotatable bonds is 7. The van der Waals surface area contributed by atoms with Gasteiger partial charge in [-0.25, -0.2) is 14.4 Å². The van der Waals surface area contributed by atoms with Crippen LogP contribution < -0.4 is 16.4 Å². The van der Waals surface area contributed by atoms with Crippen molar-refractivity contribution in [1.29, 1.82) is 0 Å². The molecule has 0 radical (unpaired) electrons. The monoisotopic (exact) mass is 422 g/mol. The van der Waals surface area contributed by atoms with Crippen molar-refractivity contribution in [3.63, 3.8) is 0 Å². The predicted molar refractivity (Wildman–Crippen MR) is 102 cm³/mol. The first kappa shape index (κ1) is 21.4. The lowest BCUT2D eigenvalue weighted by molar-refractivity contribution is -0.140. The summed E-state index contributed by atoms with van der Waals surface area (Å²) in [6.45, 7) is 2.70. The Hall–Kier alpha value is -3.34. The normalized spacial score (nSPS) is 12.7. The largest absolute Gasteiger partial charge is 0.419 e. The molecule has 0 saturated heterocycles. The van der Waals surface area contributed by atoms with Crippen molar-refractivity contribution in [3.8, 4) is 0 Å². The Morgan fingerprint density at radius 1 is 1.17 bits per heavy atom. The fraction of sp³-hybridized carbons (Fsp3) is 0.263. The average molecular weight is 422 g/mol. The van der Waals surface area contributed by atoms with Crippen molar-refractivity contribution in [3.05, 3.63) is 59.3 Å². The van der Waals surface area contributed by atoms with Crippen LogP contribution in [-0.2, 0) is 6.18 Å². The summed E-state index contributed by atoms with van der Waals surface area (Å²) in [5, 5.41) is 6.11. The highest BCUT2D eigenvalue weighted by molar-refractivity contribution is 6.05. The molecule has 30 heavy (non-hydrogen) atoms. The van der Waals surface area contributed by atoms with Gasteiger partial charge in [0.1, 0.15) is 23.2 Å². The molecule has 2 aromatic heterocycles. The number of hydrogen-bond acceptors (Lipinski definition) is 6. The van der Waals surface area contributed by atoms with Crippen molar-refractivity contribution in [2.75, 3.05) is 18.4 Å². The average Bonchev–Trinajstić information content (AvgIpc) is 2.69. The van der Waals surface area contributed by atoms with Gasteiger partial charge in [0.05, 0.1) is 17.2 Å². The van der Waals surface area contributed by atoms with Gasteiger partial charge in [-0.15, -0.1) is 0 Å².